The van der Waals surface area contributed by atoms with Crippen molar-refractivity contribution in [2.24, 2.45) is 10.9 Å². The van der Waals surface area contributed by atoms with E-state index in [1.165, 1.54) is 23.4 Å². The molecule has 0 saturated heterocycles. The lowest BCUT2D eigenvalue weighted by Gasteiger charge is -2.37. The molecule has 2 rings (SSSR count). The number of hydrogen-bond donors (Lipinski definition) is 1. The number of carboxylic acid groups (broad SMARTS) is 1. The second-order valence-electron chi connectivity index (χ2n) is 5.85. The maximum Gasteiger partial charge on any atom is 0.337 e. The number of rotatable bonds is 4. The van der Waals surface area contributed by atoms with Gasteiger partial charge in [0.05, 0.1) is 11.3 Å². The van der Waals surface area contributed by atoms with Gasteiger partial charge in [0.25, 0.3) is 5.91 Å². The summed E-state index contributed by atoms with van der Waals surface area (Å²) >= 11 is 0. The SMILES string of the molecule is CCc1cc(F)c(N2C=NC(=O)C2(C)C(C)C)c(C(=O)O)c1. The molecule has 1 aliphatic heterocycles. The number of hydrogen-bond acceptors (Lipinski definition) is 3. The van der Waals surface area contributed by atoms with Gasteiger partial charge in [0.2, 0.25) is 0 Å². The highest BCUT2D eigenvalue weighted by molar-refractivity contribution is 6.10. The van der Waals surface area contributed by atoms with E-state index >= 15 is 0 Å². The molecule has 0 saturated carbocycles. The molecule has 1 atom stereocenters. The Balaban J connectivity index is 2.69. The highest BCUT2D eigenvalue weighted by Gasteiger charge is 2.47. The van der Waals surface area contributed by atoms with E-state index in [4.69, 9.17) is 0 Å². The number of amides is 1. The minimum atomic E-state index is -1.23. The molecule has 1 unspecified atom stereocenters. The van der Waals surface area contributed by atoms with Gasteiger partial charge in [-0.05, 0) is 37.0 Å². The third kappa shape index (κ3) is 2.28. The van der Waals surface area contributed by atoms with Crippen LogP contribution in [0, 0.1) is 11.7 Å². The van der Waals surface area contributed by atoms with E-state index in [0.29, 0.717) is 12.0 Å². The molecule has 0 bridgehead atoms. The lowest BCUT2D eigenvalue weighted by atomic mass is 9.86. The van der Waals surface area contributed by atoms with Gasteiger partial charge in [0.15, 0.2) is 0 Å². The molecule has 0 radical (unpaired) electrons. The fraction of sp³-hybridized carbons (Fsp3) is 0.438. The van der Waals surface area contributed by atoms with Crippen molar-refractivity contribution in [2.45, 2.75) is 39.7 Å². The molecule has 1 aromatic rings. The maximum atomic E-state index is 14.6. The van der Waals surface area contributed by atoms with Crippen LogP contribution in [-0.2, 0) is 11.2 Å². The van der Waals surface area contributed by atoms with E-state index in [1.807, 2.05) is 20.8 Å². The first-order chi connectivity index (χ1) is 10.2. The predicted octanol–water partition coefficient (Wildman–Crippen LogP) is 2.88. The smallest absolute Gasteiger partial charge is 0.337 e. The van der Waals surface area contributed by atoms with Crippen molar-refractivity contribution in [2.75, 3.05) is 4.90 Å². The van der Waals surface area contributed by atoms with Crippen LogP contribution < -0.4 is 4.90 Å². The van der Waals surface area contributed by atoms with Gasteiger partial charge in [0, 0.05) is 0 Å². The topological polar surface area (TPSA) is 70.0 Å². The Morgan fingerprint density at radius 1 is 1.45 bits per heavy atom. The molecular formula is C16H19FN2O3. The van der Waals surface area contributed by atoms with Crippen molar-refractivity contribution >= 4 is 23.9 Å². The maximum absolute atomic E-state index is 14.6. The molecule has 22 heavy (non-hydrogen) atoms. The normalized spacial score (nSPS) is 21.0. The van der Waals surface area contributed by atoms with Crippen LogP contribution in [0.25, 0.3) is 0 Å². The van der Waals surface area contributed by atoms with Gasteiger partial charge in [-0.25, -0.2) is 14.2 Å². The highest BCUT2D eigenvalue weighted by atomic mass is 19.1. The Bertz CT molecular complexity index is 670. The second-order valence-corrected chi connectivity index (χ2v) is 5.85. The minimum absolute atomic E-state index is 0.115. The summed E-state index contributed by atoms with van der Waals surface area (Å²) < 4.78 is 14.6. The summed E-state index contributed by atoms with van der Waals surface area (Å²) in [7, 11) is 0. The van der Waals surface area contributed by atoms with Gasteiger partial charge in [-0.2, -0.15) is 0 Å². The van der Waals surface area contributed by atoms with Crippen LogP contribution in [0.15, 0.2) is 17.1 Å². The largest absolute Gasteiger partial charge is 0.478 e. The summed E-state index contributed by atoms with van der Waals surface area (Å²) in [5, 5.41) is 9.42. The zero-order chi connectivity index (χ0) is 16.7. The summed E-state index contributed by atoms with van der Waals surface area (Å²) in [5.74, 6) is -2.47. The van der Waals surface area contributed by atoms with Crippen LogP contribution in [0.2, 0.25) is 0 Å². The molecule has 1 N–H and O–H groups in total. The van der Waals surface area contributed by atoms with E-state index in [0.717, 1.165) is 0 Å². The van der Waals surface area contributed by atoms with Crippen molar-refractivity contribution in [3.8, 4) is 0 Å². The zero-order valence-corrected chi connectivity index (χ0v) is 13.1. The van der Waals surface area contributed by atoms with Crippen LogP contribution in [0.3, 0.4) is 0 Å². The Morgan fingerprint density at radius 2 is 2.09 bits per heavy atom. The Labute approximate surface area is 128 Å². The van der Waals surface area contributed by atoms with E-state index in [2.05, 4.69) is 4.99 Å². The van der Waals surface area contributed by atoms with Crippen LogP contribution in [0.4, 0.5) is 10.1 Å². The average Bonchev–Trinajstić information content (AvgIpc) is 2.75. The predicted molar refractivity (Wildman–Crippen MR) is 82.0 cm³/mol. The van der Waals surface area contributed by atoms with Crippen LogP contribution in [0.5, 0.6) is 0 Å². The summed E-state index contributed by atoms with van der Waals surface area (Å²) in [5.41, 5.74) is -0.786. The van der Waals surface area contributed by atoms with Crippen molar-refractivity contribution in [3.63, 3.8) is 0 Å². The van der Waals surface area contributed by atoms with Crippen molar-refractivity contribution in [3.05, 3.63) is 29.1 Å². The number of carbonyl (C=O) groups excluding carboxylic acids is 1. The number of nitrogens with zero attached hydrogens (tertiary/aromatic N) is 2. The van der Waals surface area contributed by atoms with E-state index < -0.39 is 23.2 Å². The zero-order valence-electron chi connectivity index (χ0n) is 13.1. The lowest BCUT2D eigenvalue weighted by molar-refractivity contribution is -0.122. The van der Waals surface area contributed by atoms with E-state index in [9.17, 15) is 19.1 Å². The number of benzene rings is 1. The summed E-state index contributed by atoms with van der Waals surface area (Å²) in [4.78, 5) is 28.8. The Kier molecular flexibility index (Phi) is 4.04. The first kappa shape index (κ1) is 16.1. The van der Waals surface area contributed by atoms with Gasteiger partial charge in [-0.1, -0.05) is 20.8 Å². The molecule has 0 spiro atoms. The summed E-state index contributed by atoms with van der Waals surface area (Å²) in [6, 6.07) is 2.75. The van der Waals surface area contributed by atoms with Gasteiger partial charge in [0.1, 0.15) is 17.7 Å². The van der Waals surface area contributed by atoms with Gasteiger partial charge < -0.3 is 10.0 Å². The molecule has 5 nitrogen and oxygen atoms in total. The number of aromatic carboxylic acids is 1. The van der Waals surface area contributed by atoms with Crippen molar-refractivity contribution in [1.82, 2.24) is 0 Å². The fourth-order valence-electron chi connectivity index (χ4n) is 2.55. The van der Waals surface area contributed by atoms with Crippen LogP contribution in [-0.4, -0.2) is 28.9 Å². The number of aryl methyl sites for hydroxylation is 1. The van der Waals surface area contributed by atoms with Crippen molar-refractivity contribution in [1.29, 1.82) is 0 Å². The average molecular weight is 306 g/mol. The van der Waals surface area contributed by atoms with Gasteiger partial charge >= 0.3 is 5.97 Å². The highest BCUT2D eigenvalue weighted by Crippen LogP contribution is 2.37. The minimum Gasteiger partial charge on any atom is -0.478 e. The van der Waals surface area contributed by atoms with E-state index in [1.54, 1.807) is 6.92 Å². The van der Waals surface area contributed by atoms with Crippen molar-refractivity contribution < 1.29 is 19.1 Å². The monoisotopic (exact) mass is 306 g/mol. The summed E-state index contributed by atoms with van der Waals surface area (Å²) in [6.45, 7) is 7.10. The molecule has 118 valence electrons. The summed E-state index contributed by atoms with van der Waals surface area (Å²) in [6.07, 6.45) is 1.74. The third-order valence-electron chi connectivity index (χ3n) is 4.35. The fourth-order valence-corrected chi connectivity index (χ4v) is 2.55. The van der Waals surface area contributed by atoms with Gasteiger partial charge in [-0.15, -0.1) is 0 Å². The molecule has 0 aliphatic carbocycles. The number of anilines is 1. The lowest BCUT2D eigenvalue weighted by Crippen LogP contribution is -2.52. The number of halogens is 1. The van der Waals surface area contributed by atoms with Gasteiger partial charge in [-0.3, -0.25) is 4.79 Å². The quantitative estimate of drug-likeness (QED) is 0.928. The molecule has 1 heterocycles. The van der Waals surface area contributed by atoms with Crippen LogP contribution in [0.1, 0.15) is 43.6 Å². The molecule has 6 heteroatoms. The number of carbonyl (C=O) groups is 2. The molecule has 1 amide bonds. The molecule has 1 aliphatic rings. The Hall–Kier alpha value is -2.24. The standard InChI is InChI=1S/C16H19FN2O3/c1-5-10-6-11(14(20)21)13(12(17)7-10)19-8-18-15(22)16(19,4)9(2)3/h6-9H,5H2,1-4H3,(H,20,21). The molecule has 1 aromatic carbocycles. The first-order valence-electron chi connectivity index (χ1n) is 7.17. The van der Waals surface area contributed by atoms with Crippen LogP contribution >= 0.6 is 0 Å². The molecule has 0 fully saturated rings. The molecular weight excluding hydrogens is 287 g/mol. The molecule has 0 aromatic heterocycles. The number of aliphatic imine (C=N–C) groups is 1. The van der Waals surface area contributed by atoms with E-state index in [-0.39, 0.29) is 17.2 Å². The second kappa shape index (κ2) is 5.51. The Morgan fingerprint density at radius 3 is 2.59 bits per heavy atom. The third-order valence-corrected chi connectivity index (χ3v) is 4.35. The first-order valence-corrected chi connectivity index (χ1v) is 7.17. The number of carboxylic acids is 1.